The van der Waals surface area contributed by atoms with Crippen LogP contribution in [0.2, 0.25) is 0 Å². The molecule has 2 aromatic carbocycles. The molecular weight excluding hydrogens is 638 g/mol. The molecule has 0 radical (unpaired) electrons. The zero-order valence-corrected chi connectivity index (χ0v) is 27.0. The largest absolute Gasteiger partial charge is 0.496 e. The van der Waals surface area contributed by atoms with Crippen molar-refractivity contribution in [2.24, 2.45) is 7.05 Å². The molecule has 0 bridgehead atoms. The predicted octanol–water partition coefficient (Wildman–Crippen LogP) is 8.71. The highest BCUT2D eigenvalue weighted by atomic mass is 19.4. The van der Waals surface area contributed by atoms with Gasteiger partial charge < -0.3 is 18.9 Å². The number of alkyl halides is 6. The summed E-state index contributed by atoms with van der Waals surface area (Å²) in [6, 6.07) is 12.0. The fourth-order valence-electron chi connectivity index (χ4n) is 6.45. The Balaban J connectivity index is 1.41. The summed E-state index contributed by atoms with van der Waals surface area (Å²) in [5.41, 5.74) is 2.59. The summed E-state index contributed by atoms with van der Waals surface area (Å²) in [4.78, 5) is 21.6. The SMILES string of the molecule is COc1ccc(-c2c(C)cc(C)n2C)cc1-c1ccc(N2CCC2)nc1CN1C(=O)O[C@H](c2cc(C(F)(F)F)cc(C(F)(F)F)c2)C1C. The quantitative estimate of drug-likeness (QED) is 0.184. The lowest BCUT2D eigenvalue weighted by atomic mass is 9.96. The summed E-state index contributed by atoms with van der Waals surface area (Å²) >= 11 is 0. The summed E-state index contributed by atoms with van der Waals surface area (Å²) in [5, 5.41) is 0. The molecule has 7 nitrogen and oxygen atoms in total. The van der Waals surface area contributed by atoms with Gasteiger partial charge in [0.15, 0.2) is 0 Å². The van der Waals surface area contributed by atoms with Crippen LogP contribution in [-0.2, 0) is 30.7 Å². The van der Waals surface area contributed by atoms with Gasteiger partial charge in [-0.2, -0.15) is 26.3 Å². The first kappa shape index (κ1) is 33.2. The first-order valence-corrected chi connectivity index (χ1v) is 15.4. The summed E-state index contributed by atoms with van der Waals surface area (Å²) < 4.78 is 95.1. The zero-order chi connectivity index (χ0) is 34.7. The second-order valence-corrected chi connectivity index (χ2v) is 12.3. The van der Waals surface area contributed by atoms with Gasteiger partial charge in [-0.1, -0.05) is 0 Å². The highest BCUT2D eigenvalue weighted by Gasteiger charge is 2.43. The summed E-state index contributed by atoms with van der Waals surface area (Å²) in [6.07, 6.45) is -11.3. The smallest absolute Gasteiger partial charge is 0.416 e. The molecule has 2 aromatic heterocycles. The number of methoxy groups -OCH3 is 1. The number of benzene rings is 2. The van der Waals surface area contributed by atoms with Gasteiger partial charge in [-0.25, -0.2) is 9.78 Å². The van der Waals surface area contributed by atoms with Crippen molar-refractivity contribution in [3.8, 4) is 28.1 Å². The fraction of sp³-hybridized carbons (Fsp3) is 0.371. The Morgan fingerprint density at radius 1 is 0.917 bits per heavy atom. The van der Waals surface area contributed by atoms with Crippen molar-refractivity contribution in [1.29, 1.82) is 0 Å². The van der Waals surface area contributed by atoms with Crippen LogP contribution in [0.5, 0.6) is 5.75 Å². The Kier molecular flexibility index (Phi) is 8.37. The number of cyclic esters (lactones) is 1. The van der Waals surface area contributed by atoms with Crippen molar-refractivity contribution in [2.45, 2.75) is 58.2 Å². The van der Waals surface area contributed by atoms with E-state index >= 15 is 0 Å². The van der Waals surface area contributed by atoms with Crippen molar-refractivity contribution in [1.82, 2.24) is 14.5 Å². The van der Waals surface area contributed by atoms with Crippen molar-refractivity contribution < 1.29 is 40.6 Å². The number of amides is 1. The third-order valence-electron chi connectivity index (χ3n) is 9.22. The number of hydrogen-bond acceptors (Lipinski definition) is 5. The Morgan fingerprint density at radius 2 is 1.58 bits per heavy atom. The van der Waals surface area contributed by atoms with E-state index in [1.54, 1.807) is 7.11 Å². The van der Waals surface area contributed by atoms with Gasteiger partial charge in [-0.15, -0.1) is 0 Å². The molecule has 2 fully saturated rings. The van der Waals surface area contributed by atoms with Gasteiger partial charge in [-0.3, -0.25) is 4.90 Å². The van der Waals surface area contributed by atoms with E-state index in [4.69, 9.17) is 14.5 Å². The Morgan fingerprint density at radius 3 is 2.12 bits per heavy atom. The lowest BCUT2D eigenvalue weighted by molar-refractivity contribution is -0.143. The standard InChI is InChI=1S/C35H34F6N4O3/c1-19-13-20(2)43(4)31(19)22-7-9-29(47-5)27(16-22)26-8-10-30(44-11-6-12-44)42-28(26)18-45-21(3)32(48-33(45)46)23-14-24(34(36,37)38)17-25(15-23)35(39,40)41/h7-10,13-17,21,32H,6,11-12,18H2,1-5H3/t21?,32-/m0/s1. The van der Waals surface area contributed by atoms with E-state index in [0.29, 0.717) is 40.5 Å². The topological polar surface area (TPSA) is 59.8 Å². The number of ether oxygens (including phenoxy) is 2. The monoisotopic (exact) mass is 672 g/mol. The van der Waals surface area contributed by atoms with E-state index in [-0.39, 0.29) is 12.6 Å². The molecule has 4 aromatic rings. The molecule has 13 heteroatoms. The normalized spacial score (nSPS) is 18.3. The first-order valence-electron chi connectivity index (χ1n) is 15.4. The molecule has 1 amide bonds. The van der Waals surface area contributed by atoms with Crippen LogP contribution in [0, 0.1) is 13.8 Å². The predicted molar refractivity (Wildman–Crippen MR) is 168 cm³/mol. The molecule has 6 rings (SSSR count). The molecule has 2 atom stereocenters. The second kappa shape index (κ2) is 12.1. The molecule has 2 aliphatic heterocycles. The number of rotatable bonds is 7. The fourth-order valence-corrected chi connectivity index (χ4v) is 6.45. The molecule has 0 saturated carbocycles. The number of aromatic nitrogens is 2. The molecule has 2 aliphatic rings. The van der Waals surface area contributed by atoms with Crippen molar-refractivity contribution in [3.05, 3.63) is 88.2 Å². The summed E-state index contributed by atoms with van der Waals surface area (Å²) in [5.74, 6) is 1.24. The number of carbonyl (C=O) groups excluding carboxylic acids is 1. The average molecular weight is 673 g/mol. The number of halogens is 6. The molecule has 0 spiro atoms. The molecule has 0 aliphatic carbocycles. The highest BCUT2D eigenvalue weighted by Crippen LogP contribution is 2.43. The maximum atomic E-state index is 13.6. The Hall–Kier alpha value is -4.68. The third-order valence-corrected chi connectivity index (χ3v) is 9.22. The van der Waals surface area contributed by atoms with Crippen molar-refractivity contribution in [3.63, 3.8) is 0 Å². The van der Waals surface area contributed by atoms with Crippen LogP contribution in [0.1, 0.15) is 53.1 Å². The lowest BCUT2D eigenvalue weighted by Gasteiger charge is -2.33. The van der Waals surface area contributed by atoms with Gasteiger partial charge >= 0.3 is 18.4 Å². The summed E-state index contributed by atoms with van der Waals surface area (Å²) in [6.45, 7) is 7.07. The Bertz CT molecular complexity index is 1850. The van der Waals surface area contributed by atoms with Gasteiger partial charge in [-0.05, 0) is 98.5 Å². The molecule has 254 valence electrons. The summed E-state index contributed by atoms with van der Waals surface area (Å²) in [7, 11) is 3.53. The van der Waals surface area contributed by atoms with E-state index < -0.39 is 47.3 Å². The minimum absolute atomic E-state index is 0.0555. The maximum Gasteiger partial charge on any atom is 0.416 e. The number of nitrogens with zero attached hydrogens (tertiary/aromatic N) is 4. The highest BCUT2D eigenvalue weighted by molar-refractivity contribution is 5.80. The van der Waals surface area contributed by atoms with Gasteiger partial charge in [0.05, 0.1) is 42.2 Å². The molecular formula is C35H34F6N4O3. The van der Waals surface area contributed by atoms with Crippen molar-refractivity contribution in [2.75, 3.05) is 25.1 Å². The average Bonchev–Trinajstić information content (AvgIpc) is 3.42. The number of aryl methyl sites for hydroxylation is 2. The number of pyridine rings is 1. The van der Waals surface area contributed by atoms with Crippen LogP contribution in [-0.4, -0.2) is 46.8 Å². The van der Waals surface area contributed by atoms with Crippen LogP contribution < -0.4 is 9.64 Å². The Labute approximate surface area is 273 Å². The van der Waals surface area contributed by atoms with Gasteiger partial charge in [0.2, 0.25) is 0 Å². The zero-order valence-electron chi connectivity index (χ0n) is 27.0. The molecule has 4 heterocycles. The van der Waals surface area contributed by atoms with E-state index in [9.17, 15) is 31.1 Å². The minimum Gasteiger partial charge on any atom is -0.496 e. The second-order valence-electron chi connectivity index (χ2n) is 12.3. The first-order chi connectivity index (χ1) is 22.6. The van der Waals surface area contributed by atoms with Gasteiger partial charge in [0.1, 0.15) is 17.7 Å². The van der Waals surface area contributed by atoms with Crippen LogP contribution in [0.25, 0.3) is 22.4 Å². The minimum atomic E-state index is -5.04. The molecule has 1 unspecified atom stereocenters. The van der Waals surface area contributed by atoms with E-state index in [2.05, 4.69) is 15.5 Å². The van der Waals surface area contributed by atoms with Crippen LogP contribution >= 0.6 is 0 Å². The maximum absolute atomic E-state index is 13.6. The van der Waals surface area contributed by atoms with E-state index in [1.165, 1.54) is 11.8 Å². The molecule has 2 saturated heterocycles. The van der Waals surface area contributed by atoms with Crippen LogP contribution in [0.4, 0.5) is 37.0 Å². The third kappa shape index (κ3) is 6.06. The van der Waals surface area contributed by atoms with Crippen LogP contribution in [0.15, 0.2) is 54.6 Å². The van der Waals surface area contributed by atoms with E-state index in [0.717, 1.165) is 42.0 Å². The van der Waals surface area contributed by atoms with Gasteiger partial charge in [0, 0.05) is 37.0 Å². The number of hydrogen-bond donors (Lipinski definition) is 0. The molecule has 48 heavy (non-hydrogen) atoms. The lowest BCUT2D eigenvalue weighted by Crippen LogP contribution is -2.38. The van der Waals surface area contributed by atoms with Gasteiger partial charge in [0.25, 0.3) is 0 Å². The van der Waals surface area contributed by atoms with Crippen molar-refractivity contribution >= 4 is 11.9 Å². The van der Waals surface area contributed by atoms with E-state index in [1.807, 2.05) is 51.2 Å². The number of anilines is 1. The number of carbonyl (C=O) groups is 1. The molecule has 0 N–H and O–H groups in total. The van der Waals surface area contributed by atoms with Crippen LogP contribution in [0.3, 0.4) is 0 Å².